The Bertz CT molecular complexity index is 680. The summed E-state index contributed by atoms with van der Waals surface area (Å²) >= 11 is 0. The predicted molar refractivity (Wildman–Crippen MR) is 102 cm³/mol. The molecule has 6 heteroatoms. The molecule has 0 saturated carbocycles. The summed E-state index contributed by atoms with van der Waals surface area (Å²) in [7, 11) is 0. The van der Waals surface area contributed by atoms with Crippen molar-refractivity contribution in [3.8, 4) is 0 Å². The van der Waals surface area contributed by atoms with Gasteiger partial charge in [-0.1, -0.05) is 37.3 Å². The lowest BCUT2D eigenvalue weighted by Gasteiger charge is -2.28. The van der Waals surface area contributed by atoms with Gasteiger partial charge in [-0.3, -0.25) is 9.48 Å². The van der Waals surface area contributed by atoms with Gasteiger partial charge in [0.05, 0.1) is 18.3 Å². The van der Waals surface area contributed by atoms with E-state index in [-0.39, 0.29) is 18.3 Å². The quantitative estimate of drug-likeness (QED) is 0.859. The Balaban J connectivity index is 0.00000225. The molecule has 2 heterocycles. The molecular weight excluding hydrogens is 336 g/mol. The average molecular weight is 363 g/mol. The maximum absolute atomic E-state index is 13.1. The molecule has 5 nitrogen and oxygen atoms in total. The summed E-state index contributed by atoms with van der Waals surface area (Å²) in [4.78, 5) is 15.1. The van der Waals surface area contributed by atoms with E-state index in [1.807, 2.05) is 34.7 Å². The number of benzene rings is 1. The maximum atomic E-state index is 13.1. The third kappa shape index (κ3) is 4.41. The fourth-order valence-corrected chi connectivity index (χ4v) is 3.32. The van der Waals surface area contributed by atoms with Crippen molar-refractivity contribution in [1.29, 1.82) is 0 Å². The van der Waals surface area contributed by atoms with E-state index in [2.05, 4.69) is 29.5 Å². The Morgan fingerprint density at radius 2 is 2.12 bits per heavy atom. The zero-order valence-corrected chi connectivity index (χ0v) is 15.8. The minimum absolute atomic E-state index is 0. The van der Waals surface area contributed by atoms with Gasteiger partial charge in [0.1, 0.15) is 0 Å². The molecule has 25 heavy (non-hydrogen) atoms. The van der Waals surface area contributed by atoms with E-state index in [1.165, 1.54) is 5.56 Å². The molecule has 1 aromatic carbocycles. The number of amides is 1. The van der Waals surface area contributed by atoms with Crippen LogP contribution in [0.15, 0.2) is 36.5 Å². The number of rotatable bonds is 6. The Labute approximate surface area is 155 Å². The van der Waals surface area contributed by atoms with Crippen LogP contribution in [0.2, 0.25) is 0 Å². The minimum atomic E-state index is 0. The maximum Gasteiger partial charge on any atom is 0.257 e. The summed E-state index contributed by atoms with van der Waals surface area (Å²) in [5, 5.41) is 7.81. The van der Waals surface area contributed by atoms with Crippen molar-refractivity contribution >= 4 is 18.3 Å². The molecule has 1 aliphatic rings. The summed E-state index contributed by atoms with van der Waals surface area (Å²) in [6, 6.07) is 10.5. The van der Waals surface area contributed by atoms with Crippen LogP contribution >= 0.6 is 12.4 Å². The van der Waals surface area contributed by atoms with Gasteiger partial charge in [-0.25, -0.2) is 0 Å². The van der Waals surface area contributed by atoms with Crippen LogP contribution in [0.3, 0.4) is 0 Å². The van der Waals surface area contributed by atoms with Crippen LogP contribution in [0.25, 0.3) is 0 Å². The van der Waals surface area contributed by atoms with Gasteiger partial charge >= 0.3 is 0 Å². The predicted octanol–water partition coefficient (Wildman–Crippen LogP) is 2.88. The average Bonchev–Trinajstić information content (AvgIpc) is 3.24. The molecule has 1 saturated heterocycles. The second kappa shape index (κ2) is 9.02. The highest BCUT2D eigenvalue weighted by atomic mass is 35.5. The number of hydrogen-bond donors (Lipinski definition) is 1. The molecule has 1 fully saturated rings. The lowest BCUT2D eigenvalue weighted by Crippen LogP contribution is -2.42. The molecule has 2 aromatic rings. The Morgan fingerprint density at radius 1 is 1.36 bits per heavy atom. The van der Waals surface area contributed by atoms with E-state index in [9.17, 15) is 4.79 Å². The van der Waals surface area contributed by atoms with Gasteiger partial charge in [0.2, 0.25) is 0 Å². The highest BCUT2D eigenvalue weighted by Crippen LogP contribution is 2.17. The van der Waals surface area contributed by atoms with Crippen molar-refractivity contribution in [1.82, 2.24) is 20.0 Å². The second-order valence-corrected chi connectivity index (χ2v) is 6.43. The standard InChI is InChI=1S/C19H26N4O.ClH/c1-3-11-22(17-9-10-20-12-17)19(24)18-13-21-23(15(18)2)14-16-7-5-4-6-8-16;/h4-8,13,17,20H,3,9-12,14H2,1-2H3;1H. The lowest BCUT2D eigenvalue weighted by atomic mass is 10.1. The lowest BCUT2D eigenvalue weighted by molar-refractivity contribution is 0.0691. The first kappa shape index (κ1) is 19.5. The van der Waals surface area contributed by atoms with Gasteiger partial charge < -0.3 is 10.2 Å². The van der Waals surface area contributed by atoms with Crippen LogP contribution in [-0.4, -0.2) is 46.3 Å². The topological polar surface area (TPSA) is 50.2 Å². The number of carbonyl (C=O) groups excluding carboxylic acids is 1. The van der Waals surface area contributed by atoms with E-state index in [0.29, 0.717) is 12.6 Å². The van der Waals surface area contributed by atoms with Crippen molar-refractivity contribution in [3.63, 3.8) is 0 Å². The molecule has 0 radical (unpaired) electrons. The number of nitrogens with one attached hydrogen (secondary N) is 1. The number of nitrogens with zero attached hydrogens (tertiary/aromatic N) is 3. The van der Waals surface area contributed by atoms with Gasteiger partial charge in [-0.05, 0) is 31.9 Å². The van der Waals surface area contributed by atoms with Crippen molar-refractivity contribution in [2.24, 2.45) is 0 Å². The highest BCUT2D eigenvalue weighted by molar-refractivity contribution is 5.95. The number of halogens is 1. The monoisotopic (exact) mass is 362 g/mol. The Morgan fingerprint density at radius 3 is 2.76 bits per heavy atom. The number of carbonyl (C=O) groups is 1. The minimum Gasteiger partial charge on any atom is -0.334 e. The van der Waals surface area contributed by atoms with Gasteiger partial charge in [0.25, 0.3) is 5.91 Å². The first-order valence-corrected chi connectivity index (χ1v) is 8.78. The van der Waals surface area contributed by atoms with Crippen LogP contribution in [0, 0.1) is 6.92 Å². The van der Waals surface area contributed by atoms with Gasteiger partial charge in [0.15, 0.2) is 0 Å². The van der Waals surface area contributed by atoms with Crippen molar-refractivity contribution in [2.75, 3.05) is 19.6 Å². The molecular formula is C19H27ClN4O. The normalized spacial score (nSPS) is 16.5. The molecule has 1 aromatic heterocycles. The largest absolute Gasteiger partial charge is 0.334 e. The zero-order valence-electron chi connectivity index (χ0n) is 14.9. The van der Waals surface area contributed by atoms with Gasteiger partial charge in [-0.15, -0.1) is 12.4 Å². The number of aromatic nitrogens is 2. The van der Waals surface area contributed by atoms with Gasteiger partial charge in [0, 0.05) is 24.8 Å². The Kier molecular flexibility index (Phi) is 7.02. The molecule has 0 spiro atoms. The van der Waals surface area contributed by atoms with Crippen LogP contribution in [-0.2, 0) is 6.54 Å². The van der Waals surface area contributed by atoms with E-state index >= 15 is 0 Å². The third-order valence-corrected chi connectivity index (χ3v) is 4.71. The van der Waals surface area contributed by atoms with Crippen molar-refractivity contribution in [3.05, 3.63) is 53.3 Å². The molecule has 136 valence electrons. The first-order valence-electron chi connectivity index (χ1n) is 8.78. The summed E-state index contributed by atoms with van der Waals surface area (Å²) in [5.41, 5.74) is 2.86. The van der Waals surface area contributed by atoms with E-state index in [0.717, 1.165) is 43.7 Å². The third-order valence-electron chi connectivity index (χ3n) is 4.71. The fraction of sp³-hybridized carbons (Fsp3) is 0.474. The van der Waals surface area contributed by atoms with Crippen molar-refractivity contribution in [2.45, 2.75) is 39.3 Å². The molecule has 1 atom stereocenters. The number of hydrogen-bond acceptors (Lipinski definition) is 3. The van der Waals surface area contributed by atoms with Crippen LogP contribution in [0.4, 0.5) is 0 Å². The smallest absolute Gasteiger partial charge is 0.257 e. The molecule has 1 unspecified atom stereocenters. The van der Waals surface area contributed by atoms with E-state index in [4.69, 9.17) is 0 Å². The molecule has 0 aliphatic carbocycles. The molecule has 1 N–H and O–H groups in total. The fourth-order valence-electron chi connectivity index (χ4n) is 3.32. The van der Waals surface area contributed by atoms with E-state index < -0.39 is 0 Å². The molecule has 3 rings (SSSR count). The van der Waals surface area contributed by atoms with Crippen LogP contribution in [0.1, 0.15) is 41.4 Å². The summed E-state index contributed by atoms with van der Waals surface area (Å²) in [6.07, 6.45) is 3.73. The van der Waals surface area contributed by atoms with E-state index in [1.54, 1.807) is 6.20 Å². The van der Waals surface area contributed by atoms with Crippen molar-refractivity contribution < 1.29 is 4.79 Å². The van der Waals surface area contributed by atoms with Crippen LogP contribution < -0.4 is 5.32 Å². The molecule has 0 bridgehead atoms. The Hall–Kier alpha value is -1.85. The summed E-state index contributed by atoms with van der Waals surface area (Å²) in [6.45, 7) is 7.48. The molecule has 1 amide bonds. The first-order chi connectivity index (χ1) is 11.7. The second-order valence-electron chi connectivity index (χ2n) is 6.43. The highest BCUT2D eigenvalue weighted by Gasteiger charge is 2.28. The summed E-state index contributed by atoms with van der Waals surface area (Å²) < 4.78 is 1.92. The summed E-state index contributed by atoms with van der Waals surface area (Å²) in [5.74, 6) is 0.113. The SMILES string of the molecule is CCCN(C(=O)c1cnn(Cc2ccccc2)c1C)C1CCNC1.Cl. The van der Waals surface area contributed by atoms with Crippen LogP contribution in [0.5, 0.6) is 0 Å². The molecule has 1 aliphatic heterocycles. The van der Waals surface area contributed by atoms with Gasteiger partial charge in [-0.2, -0.15) is 5.10 Å². The zero-order chi connectivity index (χ0) is 16.9.